The van der Waals surface area contributed by atoms with Gasteiger partial charge in [-0.1, -0.05) is 18.1 Å². The summed E-state index contributed by atoms with van der Waals surface area (Å²) in [6, 6.07) is 0. The van der Waals surface area contributed by atoms with Crippen LogP contribution in [0.25, 0.3) is 0 Å². The van der Waals surface area contributed by atoms with E-state index in [1.54, 1.807) is 0 Å². The lowest BCUT2D eigenvalue weighted by Gasteiger charge is -2.33. The molecule has 0 aromatic heterocycles. The van der Waals surface area contributed by atoms with Crippen LogP contribution >= 0.6 is 0 Å². The highest BCUT2D eigenvalue weighted by atomic mass is 16.5. The molecule has 0 saturated carbocycles. The first kappa shape index (κ1) is 10.3. The Balaban J connectivity index is 2.58. The van der Waals surface area contributed by atoms with Crippen LogP contribution in [0.5, 0.6) is 0 Å². The molecule has 0 heterocycles. The Bertz CT molecular complexity index is 226. The summed E-state index contributed by atoms with van der Waals surface area (Å²) >= 11 is 0. The third kappa shape index (κ3) is 2.58. The lowest BCUT2D eigenvalue weighted by Crippen LogP contribution is -2.26. The highest BCUT2D eigenvalue weighted by molar-refractivity contribution is 5.37. The molecule has 0 saturated heterocycles. The fourth-order valence-electron chi connectivity index (χ4n) is 1.94. The van der Waals surface area contributed by atoms with Crippen molar-refractivity contribution < 1.29 is 9.53 Å². The Morgan fingerprint density at radius 2 is 2.15 bits per heavy atom. The van der Waals surface area contributed by atoms with E-state index >= 15 is 0 Å². The molecule has 1 aliphatic rings. The number of carbonyl (C=O) groups is 1. The minimum absolute atomic E-state index is 0.171. The lowest BCUT2D eigenvalue weighted by atomic mass is 9.74. The first-order chi connectivity index (χ1) is 6.07. The van der Waals surface area contributed by atoms with Crippen LogP contribution in [0, 0.1) is 5.41 Å². The Morgan fingerprint density at radius 1 is 1.46 bits per heavy atom. The SMILES string of the molecule is CC1=C(C)C[C@](C)(COC=O)CC1. The van der Waals surface area contributed by atoms with Crippen LogP contribution in [0.4, 0.5) is 0 Å². The normalized spacial score (nSPS) is 28.8. The zero-order valence-corrected chi connectivity index (χ0v) is 8.72. The van der Waals surface area contributed by atoms with Crippen LogP contribution in [0.15, 0.2) is 11.1 Å². The fourth-order valence-corrected chi connectivity index (χ4v) is 1.94. The summed E-state index contributed by atoms with van der Waals surface area (Å²) in [4.78, 5) is 10.1. The van der Waals surface area contributed by atoms with E-state index in [2.05, 4.69) is 20.8 Å². The standard InChI is InChI=1S/C11H18O2/c1-9-4-5-11(3,6-10(9)2)7-13-8-12/h8H,4-7H2,1-3H3/t11-/m1/s1. The second kappa shape index (κ2) is 3.95. The molecule has 0 radical (unpaired) electrons. The second-order valence-corrected chi connectivity index (χ2v) is 4.46. The van der Waals surface area contributed by atoms with Gasteiger partial charge in [-0.25, -0.2) is 0 Å². The minimum Gasteiger partial charge on any atom is -0.467 e. The van der Waals surface area contributed by atoms with Gasteiger partial charge in [0.1, 0.15) is 0 Å². The molecule has 0 fully saturated rings. The quantitative estimate of drug-likeness (QED) is 0.495. The molecule has 0 spiro atoms. The third-order valence-electron chi connectivity index (χ3n) is 3.02. The summed E-state index contributed by atoms with van der Waals surface area (Å²) < 4.78 is 4.86. The van der Waals surface area contributed by atoms with Crippen LogP contribution < -0.4 is 0 Å². The third-order valence-corrected chi connectivity index (χ3v) is 3.02. The van der Waals surface area contributed by atoms with Gasteiger partial charge in [-0.3, -0.25) is 4.79 Å². The molecule has 1 aliphatic carbocycles. The highest BCUT2D eigenvalue weighted by Crippen LogP contribution is 2.38. The minimum atomic E-state index is 0.171. The summed E-state index contributed by atoms with van der Waals surface area (Å²) in [6.45, 7) is 7.66. The molecule has 1 atom stereocenters. The van der Waals surface area contributed by atoms with Crippen molar-refractivity contribution in [2.75, 3.05) is 6.61 Å². The summed E-state index contributed by atoms with van der Waals surface area (Å²) in [7, 11) is 0. The Labute approximate surface area is 80.0 Å². The molecule has 74 valence electrons. The molecule has 0 amide bonds. The maximum atomic E-state index is 10.1. The molecule has 1 rings (SSSR count). The van der Waals surface area contributed by atoms with E-state index in [9.17, 15) is 4.79 Å². The smallest absolute Gasteiger partial charge is 0.293 e. The Kier molecular flexibility index (Phi) is 3.12. The van der Waals surface area contributed by atoms with Gasteiger partial charge in [0.15, 0.2) is 0 Å². The van der Waals surface area contributed by atoms with E-state index in [1.165, 1.54) is 11.1 Å². The molecule has 0 aromatic rings. The summed E-state index contributed by atoms with van der Waals surface area (Å²) in [5.41, 5.74) is 3.14. The van der Waals surface area contributed by atoms with Crippen molar-refractivity contribution in [2.24, 2.45) is 5.41 Å². The van der Waals surface area contributed by atoms with E-state index in [0.29, 0.717) is 13.1 Å². The average molecular weight is 182 g/mol. The topological polar surface area (TPSA) is 26.3 Å². The van der Waals surface area contributed by atoms with Gasteiger partial charge < -0.3 is 4.74 Å². The van der Waals surface area contributed by atoms with Gasteiger partial charge in [0.05, 0.1) is 6.61 Å². The van der Waals surface area contributed by atoms with Crippen LogP contribution in [-0.4, -0.2) is 13.1 Å². The van der Waals surface area contributed by atoms with Crippen LogP contribution in [0.1, 0.15) is 40.0 Å². The summed E-state index contributed by atoms with van der Waals surface area (Å²) in [5.74, 6) is 0. The lowest BCUT2D eigenvalue weighted by molar-refractivity contribution is -0.132. The van der Waals surface area contributed by atoms with Gasteiger partial charge in [-0.15, -0.1) is 0 Å². The molecule has 0 N–H and O–H groups in total. The Morgan fingerprint density at radius 3 is 2.69 bits per heavy atom. The molecule has 2 heteroatoms. The van der Waals surface area contributed by atoms with Crippen molar-refractivity contribution in [2.45, 2.75) is 40.0 Å². The van der Waals surface area contributed by atoms with Crippen molar-refractivity contribution in [1.82, 2.24) is 0 Å². The number of rotatable bonds is 3. The van der Waals surface area contributed by atoms with Crippen molar-refractivity contribution in [1.29, 1.82) is 0 Å². The zero-order valence-electron chi connectivity index (χ0n) is 8.72. The van der Waals surface area contributed by atoms with Gasteiger partial charge in [0.25, 0.3) is 6.47 Å². The predicted molar refractivity (Wildman–Crippen MR) is 52.3 cm³/mol. The number of hydrogen-bond donors (Lipinski definition) is 0. The van der Waals surface area contributed by atoms with Crippen LogP contribution in [0.3, 0.4) is 0 Å². The summed E-state index contributed by atoms with van der Waals surface area (Å²) in [6.07, 6.45) is 3.33. The fraction of sp³-hybridized carbons (Fsp3) is 0.727. The highest BCUT2D eigenvalue weighted by Gasteiger charge is 2.29. The molecular weight excluding hydrogens is 164 g/mol. The first-order valence-corrected chi connectivity index (χ1v) is 4.78. The molecule has 2 nitrogen and oxygen atoms in total. The van der Waals surface area contributed by atoms with E-state index in [-0.39, 0.29) is 5.41 Å². The number of ether oxygens (including phenoxy) is 1. The largest absolute Gasteiger partial charge is 0.467 e. The Hall–Kier alpha value is -0.790. The van der Waals surface area contributed by atoms with Gasteiger partial charge >= 0.3 is 0 Å². The number of hydrogen-bond acceptors (Lipinski definition) is 2. The van der Waals surface area contributed by atoms with Gasteiger partial charge in [-0.05, 0) is 33.1 Å². The van der Waals surface area contributed by atoms with E-state index in [4.69, 9.17) is 4.74 Å². The van der Waals surface area contributed by atoms with Crippen LogP contribution in [-0.2, 0) is 9.53 Å². The maximum absolute atomic E-state index is 10.1. The first-order valence-electron chi connectivity index (χ1n) is 4.78. The van der Waals surface area contributed by atoms with E-state index in [1.807, 2.05) is 0 Å². The molecule has 0 aliphatic heterocycles. The van der Waals surface area contributed by atoms with Gasteiger partial charge in [0.2, 0.25) is 0 Å². The van der Waals surface area contributed by atoms with Crippen molar-refractivity contribution in [3.63, 3.8) is 0 Å². The van der Waals surface area contributed by atoms with E-state index < -0.39 is 0 Å². The monoisotopic (exact) mass is 182 g/mol. The molecule has 13 heavy (non-hydrogen) atoms. The maximum Gasteiger partial charge on any atom is 0.293 e. The van der Waals surface area contributed by atoms with Crippen molar-refractivity contribution >= 4 is 6.47 Å². The second-order valence-electron chi connectivity index (χ2n) is 4.46. The molecule has 0 bridgehead atoms. The predicted octanol–water partition coefficient (Wildman–Crippen LogP) is 2.69. The average Bonchev–Trinajstić information content (AvgIpc) is 2.09. The molecule has 0 unspecified atom stereocenters. The zero-order chi connectivity index (χ0) is 9.90. The van der Waals surface area contributed by atoms with Gasteiger partial charge in [0, 0.05) is 5.41 Å². The number of carbonyl (C=O) groups excluding carboxylic acids is 1. The van der Waals surface area contributed by atoms with Crippen molar-refractivity contribution in [3.8, 4) is 0 Å². The molecule has 0 aromatic carbocycles. The van der Waals surface area contributed by atoms with Crippen LogP contribution in [0.2, 0.25) is 0 Å². The summed E-state index contributed by atoms with van der Waals surface area (Å²) in [5, 5.41) is 0. The van der Waals surface area contributed by atoms with Crippen molar-refractivity contribution in [3.05, 3.63) is 11.1 Å². The number of allylic oxidation sites excluding steroid dienone is 2. The molecular formula is C11H18O2. The van der Waals surface area contributed by atoms with E-state index in [0.717, 1.165) is 19.3 Å². The van der Waals surface area contributed by atoms with Gasteiger partial charge in [-0.2, -0.15) is 0 Å².